The summed E-state index contributed by atoms with van der Waals surface area (Å²) in [6, 6.07) is 8.58. The average Bonchev–Trinajstić information content (AvgIpc) is 2.64. The van der Waals surface area contributed by atoms with Crippen LogP contribution < -0.4 is 4.57 Å². The standard InChI is InChI=1S/C23H28FN2/c1-7-17(8-2)18-9-10-19-21(12-18)25-13-26(6)23(19)20-11-14(3)22(24)16(5)15(20)4/h9-13,17H,7-8H2,1-6H3/q+1. The van der Waals surface area contributed by atoms with Crippen LogP contribution in [0.5, 0.6) is 0 Å². The highest BCUT2D eigenvalue weighted by Crippen LogP contribution is 2.33. The average molecular weight is 351 g/mol. The quantitative estimate of drug-likeness (QED) is 0.551. The second-order valence-electron chi connectivity index (χ2n) is 7.30. The third kappa shape index (κ3) is 3.00. The fraction of sp³-hybridized carbons (Fsp3) is 0.391. The minimum atomic E-state index is -0.108. The molecule has 26 heavy (non-hydrogen) atoms. The molecular formula is C23H28FN2+. The number of aryl methyl sites for hydroxylation is 2. The Balaban J connectivity index is 2.29. The summed E-state index contributed by atoms with van der Waals surface area (Å²) in [4.78, 5) is 4.66. The minimum Gasteiger partial charge on any atom is -0.232 e. The molecule has 0 spiro atoms. The topological polar surface area (TPSA) is 16.8 Å². The summed E-state index contributed by atoms with van der Waals surface area (Å²) in [7, 11) is 2.00. The number of nitrogens with zero attached hydrogens (tertiary/aromatic N) is 2. The van der Waals surface area contributed by atoms with Gasteiger partial charge in [0.2, 0.25) is 0 Å². The van der Waals surface area contributed by atoms with E-state index in [1.54, 1.807) is 0 Å². The predicted molar refractivity (Wildman–Crippen MR) is 106 cm³/mol. The normalized spacial score (nSPS) is 11.5. The number of hydrogen-bond donors (Lipinski definition) is 0. The zero-order valence-corrected chi connectivity index (χ0v) is 16.7. The lowest BCUT2D eigenvalue weighted by Crippen LogP contribution is -2.32. The molecule has 0 aliphatic rings. The molecule has 0 N–H and O–H groups in total. The molecule has 0 fully saturated rings. The summed E-state index contributed by atoms with van der Waals surface area (Å²) < 4.78 is 16.3. The Bertz CT molecular complexity index is 972. The highest BCUT2D eigenvalue weighted by molar-refractivity contribution is 5.92. The van der Waals surface area contributed by atoms with Crippen molar-refractivity contribution >= 4 is 10.9 Å². The van der Waals surface area contributed by atoms with E-state index in [-0.39, 0.29) is 5.82 Å². The molecule has 1 aromatic heterocycles. The number of rotatable bonds is 4. The van der Waals surface area contributed by atoms with Crippen molar-refractivity contribution in [3.63, 3.8) is 0 Å². The number of hydrogen-bond acceptors (Lipinski definition) is 1. The third-order valence-corrected chi connectivity index (χ3v) is 5.71. The molecule has 0 saturated heterocycles. The van der Waals surface area contributed by atoms with Crippen LogP contribution in [-0.4, -0.2) is 4.98 Å². The van der Waals surface area contributed by atoms with Crippen LogP contribution in [0.1, 0.15) is 54.9 Å². The molecule has 0 amide bonds. The minimum absolute atomic E-state index is 0.108. The van der Waals surface area contributed by atoms with Gasteiger partial charge in [-0.05, 0) is 85.0 Å². The van der Waals surface area contributed by atoms with Crippen LogP contribution in [0.3, 0.4) is 0 Å². The molecule has 1 heterocycles. The lowest BCUT2D eigenvalue weighted by molar-refractivity contribution is -0.662. The smallest absolute Gasteiger partial charge is 0.232 e. The lowest BCUT2D eigenvalue weighted by Gasteiger charge is -2.15. The van der Waals surface area contributed by atoms with Crippen molar-refractivity contribution in [1.29, 1.82) is 0 Å². The molecule has 0 aliphatic heterocycles. The van der Waals surface area contributed by atoms with Gasteiger partial charge in [0.15, 0.2) is 5.52 Å². The maximum Gasteiger partial charge on any atom is 0.287 e. The van der Waals surface area contributed by atoms with Crippen molar-refractivity contribution in [1.82, 2.24) is 4.98 Å². The molecule has 0 bridgehead atoms. The van der Waals surface area contributed by atoms with Crippen LogP contribution in [0, 0.1) is 26.6 Å². The summed E-state index contributed by atoms with van der Waals surface area (Å²) in [5.41, 5.74) is 6.90. The van der Waals surface area contributed by atoms with E-state index >= 15 is 0 Å². The fourth-order valence-corrected chi connectivity index (χ4v) is 3.90. The van der Waals surface area contributed by atoms with Gasteiger partial charge in [-0.1, -0.05) is 19.9 Å². The predicted octanol–water partition coefficient (Wildman–Crippen LogP) is 5.69. The van der Waals surface area contributed by atoms with E-state index in [1.807, 2.05) is 44.8 Å². The van der Waals surface area contributed by atoms with E-state index in [4.69, 9.17) is 0 Å². The van der Waals surface area contributed by atoms with Gasteiger partial charge in [0, 0.05) is 5.56 Å². The summed E-state index contributed by atoms with van der Waals surface area (Å²) in [6.45, 7) is 10.2. The maximum atomic E-state index is 14.3. The van der Waals surface area contributed by atoms with Crippen LogP contribution in [0.2, 0.25) is 0 Å². The molecule has 3 heteroatoms. The fourth-order valence-electron chi connectivity index (χ4n) is 3.90. The Hall–Kier alpha value is -2.29. The highest BCUT2D eigenvalue weighted by atomic mass is 19.1. The third-order valence-electron chi connectivity index (χ3n) is 5.71. The van der Waals surface area contributed by atoms with Gasteiger partial charge in [-0.2, -0.15) is 0 Å². The second-order valence-corrected chi connectivity index (χ2v) is 7.30. The molecule has 0 saturated carbocycles. The molecule has 0 radical (unpaired) electrons. The first-order valence-corrected chi connectivity index (χ1v) is 9.43. The van der Waals surface area contributed by atoms with Crippen molar-refractivity contribution in [2.24, 2.45) is 7.05 Å². The molecule has 3 rings (SSSR count). The second kappa shape index (κ2) is 7.14. The molecule has 0 atom stereocenters. The Kier molecular flexibility index (Phi) is 5.08. The Morgan fingerprint density at radius 1 is 1.04 bits per heavy atom. The van der Waals surface area contributed by atoms with Crippen LogP contribution in [-0.2, 0) is 7.05 Å². The molecule has 0 unspecified atom stereocenters. The largest absolute Gasteiger partial charge is 0.287 e. The van der Waals surface area contributed by atoms with Gasteiger partial charge in [0.05, 0.1) is 12.4 Å². The Morgan fingerprint density at radius 3 is 2.38 bits per heavy atom. The van der Waals surface area contributed by atoms with E-state index in [0.29, 0.717) is 11.5 Å². The number of aromatic nitrogens is 2. The van der Waals surface area contributed by atoms with Gasteiger partial charge >= 0.3 is 0 Å². The van der Waals surface area contributed by atoms with E-state index in [0.717, 1.165) is 46.1 Å². The first kappa shape index (κ1) is 18.5. The monoisotopic (exact) mass is 351 g/mol. The Labute approximate surface area is 155 Å². The Morgan fingerprint density at radius 2 is 1.73 bits per heavy atom. The lowest BCUT2D eigenvalue weighted by atomic mass is 9.91. The summed E-state index contributed by atoms with van der Waals surface area (Å²) >= 11 is 0. The van der Waals surface area contributed by atoms with Crippen LogP contribution >= 0.6 is 0 Å². The molecular weight excluding hydrogens is 323 g/mol. The van der Waals surface area contributed by atoms with Crippen LogP contribution in [0.15, 0.2) is 30.6 Å². The number of halogens is 1. The van der Waals surface area contributed by atoms with E-state index in [2.05, 4.69) is 37.0 Å². The summed E-state index contributed by atoms with van der Waals surface area (Å²) in [6.07, 6.45) is 4.12. The molecule has 3 aromatic rings. The zero-order chi connectivity index (χ0) is 19.0. The van der Waals surface area contributed by atoms with Gasteiger partial charge < -0.3 is 0 Å². The molecule has 136 valence electrons. The number of fused-ring (bicyclic) bond motifs is 1. The van der Waals surface area contributed by atoms with Crippen LogP contribution in [0.4, 0.5) is 4.39 Å². The van der Waals surface area contributed by atoms with Crippen LogP contribution in [0.25, 0.3) is 22.2 Å². The SMILES string of the molecule is CCC(CC)c1ccc2c(-c3cc(C)c(F)c(C)c3C)[n+](C)cnc2c1. The van der Waals surface area contributed by atoms with E-state index in [1.165, 1.54) is 5.56 Å². The van der Waals surface area contributed by atoms with Crippen molar-refractivity contribution in [3.8, 4) is 11.3 Å². The first-order chi connectivity index (χ1) is 12.4. The van der Waals surface area contributed by atoms with Crippen molar-refractivity contribution in [3.05, 3.63) is 58.7 Å². The molecule has 2 aromatic carbocycles. The summed E-state index contributed by atoms with van der Waals surface area (Å²) in [5, 5.41) is 1.11. The van der Waals surface area contributed by atoms with Crippen molar-refractivity contribution in [2.75, 3.05) is 0 Å². The van der Waals surface area contributed by atoms with Gasteiger partial charge in [0.1, 0.15) is 11.5 Å². The van der Waals surface area contributed by atoms with Gasteiger partial charge in [-0.3, -0.25) is 0 Å². The van der Waals surface area contributed by atoms with Gasteiger partial charge in [-0.25, -0.2) is 8.96 Å². The van der Waals surface area contributed by atoms with E-state index in [9.17, 15) is 4.39 Å². The van der Waals surface area contributed by atoms with Gasteiger partial charge in [0.25, 0.3) is 6.33 Å². The summed E-state index contributed by atoms with van der Waals surface area (Å²) in [5.74, 6) is 0.457. The molecule has 0 aliphatic carbocycles. The van der Waals surface area contributed by atoms with E-state index < -0.39 is 0 Å². The maximum absolute atomic E-state index is 14.3. The number of benzene rings is 2. The molecule has 2 nitrogen and oxygen atoms in total. The van der Waals surface area contributed by atoms with Crippen molar-refractivity contribution in [2.45, 2.75) is 53.4 Å². The highest BCUT2D eigenvalue weighted by Gasteiger charge is 2.21. The first-order valence-electron chi connectivity index (χ1n) is 9.43. The van der Waals surface area contributed by atoms with Crippen molar-refractivity contribution < 1.29 is 8.96 Å². The zero-order valence-electron chi connectivity index (χ0n) is 16.7. The van der Waals surface area contributed by atoms with Gasteiger partial charge in [-0.15, -0.1) is 0 Å².